The summed E-state index contributed by atoms with van der Waals surface area (Å²) in [5, 5.41) is 13.7. The van der Waals surface area contributed by atoms with Gasteiger partial charge in [-0.15, -0.1) is 0 Å². The van der Waals surface area contributed by atoms with E-state index in [4.69, 9.17) is 0 Å². The summed E-state index contributed by atoms with van der Waals surface area (Å²) in [5.41, 5.74) is 3.39. The second-order valence-electron chi connectivity index (χ2n) is 5.86. The van der Waals surface area contributed by atoms with Crippen LogP contribution in [0.25, 0.3) is 11.0 Å². The number of H-pyrrole nitrogens is 1. The first-order valence-corrected chi connectivity index (χ1v) is 8.96. The molecule has 24 heavy (non-hydrogen) atoms. The van der Waals surface area contributed by atoms with Crippen molar-refractivity contribution in [3.8, 4) is 0 Å². The maximum atomic E-state index is 13.1. The van der Waals surface area contributed by atoms with Gasteiger partial charge < -0.3 is 15.0 Å². The number of hydrogen-bond acceptors (Lipinski definition) is 4. The van der Waals surface area contributed by atoms with Gasteiger partial charge in [-0.05, 0) is 53.9 Å². The third-order valence-corrected chi connectivity index (χ3v) is 4.90. The number of nitrogens with zero attached hydrogens (tertiary/aromatic N) is 2. The minimum atomic E-state index is -0.198. The SMILES string of the molecule is CCC(CO)N(Cc1ccsc1)C(=O)c1ccc2nc(C)[nH]c2c1. The molecule has 126 valence electrons. The Morgan fingerprint density at radius 1 is 1.42 bits per heavy atom. The zero-order chi connectivity index (χ0) is 17.1. The average Bonchev–Trinajstić information content (AvgIpc) is 3.21. The molecule has 2 N–H and O–H groups in total. The predicted octanol–water partition coefficient (Wildman–Crippen LogP) is 3.35. The number of imidazole rings is 1. The molecule has 0 radical (unpaired) electrons. The number of aromatic nitrogens is 2. The minimum Gasteiger partial charge on any atom is -0.394 e. The predicted molar refractivity (Wildman–Crippen MR) is 96.2 cm³/mol. The molecule has 1 amide bonds. The van der Waals surface area contributed by atoms with E-state index in [1.54, 1.807) is 22.3 Å². The Morgan fingerprint density at radius 2 is 2.25 bits per heavy atom. The molecule has 2 aromatic heterocycles. The standard InChI is InChI=1S/C18H21N3O2S/c1-3-15(10-22)21(9-13-6-7-24-11-13)18(23)14-4-5-16-17(8-14)20-12(2)19-16/h4-8,11,15,22H,3,9-10H2,1-2H3,(H,19,20). The van der Waals surface area contributed by atoms with Gasteiger partial charge in [0.1, 0.15) is 5.82 Å². The number of aliphatic hydroxyl groups is 1. The van der Waals surface area contributed by atoms with Gasteiger partial charge in [0.05, 0.1) is 23.7 Å². The number of hydrogen-bond donors (Lipinski definition) is 2. The number of aryl methyl sites for hydroxylation is 1. The summed E-state index contributed by atoms with van der Waals surface area (Å²) in [6, 6.07) is 7.31. The third-order valence-electron chi connectivity index (χ3n) is 4.16. The van der Waals surface area contributed by atoms with Crippen LogP contribution in [0.5, 0.6) is 0 Å². The van der Waals surface area contributed by atoms with Gasteiger partial charge in [0.25, 0.3) is 5.91 Å². The molecule has 0 aliphatic heterocycles. The lowest BCUT2D eigenvalue weighted by atomic mass is 10.1. The molecule has 0 saturated heterocycles. The van der Waals surface area contributed by atoms with Crippen LogP contribution >= 0.6 is 11.3 Å². The number of fused-ring (bicyclic) bond motifs is 1. The lowest BCUT2D eigenvalue weighted by Crippen LogP contribution is -2.41. The zero-order valence-corrected chi connectivity index (χ0v) is 14.6. The summed E-state index contributed by atoms with van der Waals surface area (Å²) < 4.78 is 0. The quantitative estimate of drug-likeness (QED) is 0.721. The number of aromatic amines is 1. The summed E-state index contributed by atoms with van der Waals surface area (Å²) in [6.07, 6.45) is 0.706. The van der Waals surface area contributed by atoms with E-state index in [9.17, 15) is 9.90 Å². The first-order chi connectivity index (χ1) is 11.6. The van der Waals surface area contributed by atoms with E-state index in [0.29, 0.717) is 18.5 Å². The fraction of sp³-hybridized carbons (Fsp3) is 0.333. The normalized spacial score (nSPS) is 12.5. The summed E-state index contributed by atoms with van der Waals surface area (Å²) >= 11 is 1.61. The highest BCUT2D eigenvalue weighted by Crippen LogP contribution is 2.20. The van der Waals surface area contributed by atoms with Crippen LogP contribution in [-0.4, -0.2) is 38.5 Å². The first kappa shape index (κ1) is 16.7. The van der Waals surface area contributed by atoms with Gasteiger partial charge in [-0.2, -0.15) is 11.3 Å². The number of amides is 1. The first-order valence-electron chi connectivity index (χ1n) is 8.01. The van der Waals surface area contributed by atoms with Gasteiger partial charge in [0, 0.05) is 12.1 Å². The molecule has 5 nitrogen and oxygen atoms in total. The third kappa shape index (κ3) is 3.34. The highest BCUT2D eigenvalue weighted by Gasteiger charge is 2.24. The molecule has 3 aromatic rings. The van der Waals surface area contributed by atoms with Gasteiger partial charge in [-0.1, -0.05) is 6.92 Å². The monoisotopic (exact) mass is 343 g/mol. The van der Waals surface area contributed by atoms with Crippen LogP contribution in [0, 0.1) is 6.92 Å². The summed E-state index contributed by atoms with van der Waals surface area (Å²) in [4.78, 5) is 22.4. The van der Waals surface area contributed by atoms with E-state index in [1.807, 2.05) is 42.8 Å². The van der Waals surface area contributed by atoms with Crippen molar-refractivity contribution in [3.05, 3.63) is 52.0 Å². The van der Waals surface area contributed by atoms with E-state index in [-0.39, 0.29) is 18.6 Å². The van der Waals surface area contributed by atoms with Crippen molar-refractivity contribution in [2.24, 2.45) is 0 Å². The Kier molecular flexibility index (Phi) is 4.97. The van der Waals surface area contributed by atoms with E-state index in [2.05, 4.69) is 9.97 Å². The van der Waals surface area contributed by atoms with Crippen LogP contribution < -0.4 is 0 Å². The van der Waals surface area contributed by atoms with Crippen molar-refractivity contribution in [1.82, 2.24) is 14.9 Å². The second-order valence-corrected chi connectivity index (χ2v) is 6.64. The molecule has 0 spiro atoms. The maximum Gasteiger partial charge on any atom is 0.254 e. The van der Waals surface area contributed by atoms with Crippen LogP contribution in [0.4, 0.5) is 0 Å². The number of carbonyl (C=O) groups is 1. The Bertz CT molecular complexity index is 822. The molecule has 0 fully saturated rings. The fourth-order valence-corrected chi connectivity index (χ4v) is 3.49. The Balaban J connectivity index is 1.93. The minimum absolute atomic E-state index is 0.0439. The van der Waals surface area contributed by atoms with Crippen LogP contribution in [0.1, 0.15) is 35.1 Å². The molecule has 2 heterocycles. The van der Waals surface area contributed by atoms with E-state index in [0.717, 1.165) is 22.4 Å². The summed E-state index contributed by atoms with van der Waals surface area (Å²) in [6.45, 7) is 4.33. The summed E-state index contributed by atoms with van der Waals surface area (Å²) in [5.74, 6) is 0.753. The van der Waals surface area contributed by atoms with Crippen molar-refractivity contribution in [2.45, 2.75) is 32.9 Å². The van der Waals surface area contributed by atoms with E-state index < -0.39 is 0 Å². The molecule has 1 aromatic carbocycles. The Labute approximate surface area is 145 Å². The molecule has 6 heteroatoms. The smallest absolute Gasteiger partial charge is 0.254 e. The number of aliphatic hydroxyl groups excluding tert-OH is 1. The van der Waals surface area contributed by atoms with E-state index >= 15 is 0 Å². The molecule has 0 aliphatic rings. The van der Waals surface area contributed by atoms with Crippen molar-refractivity contribution in [3.63, 3.8) is 0 Å². The molecule has 3 rings (SSSR count). The molecular weight excluding hydrogens is 322 g/mol. The highest BCUT2D eigenvalue weighted by atomic mass is 32.1. The van der Waals surface area contributed by atoms with Crippen molar-refractivity contribution in [1.29, 1.82) is 0 Å². The van der Waals surface area contributed by atoms with Crippen molar-refractivity contribution < 1.29 is 9.90 Å². The molecule has 0 bridgehead atoms. The second kappa shape index (κ2) is 7.15. The van der Waals surface area contributed by atoms with E-state index in [1.165, 1.54) is 0 Å². The number of nitrogens with one attached hydrogen (secondary N) is 1. The Morgan fingerprint density at radius 3 is 2.92 bits per heavy atom. The lowest BCUT2D eigenvalue weighted by Gasteiger charge is -2.30. The van der Waals surface area contributed by atoms with Crippen LogP contribution in [0.2, 0.25) is 0 Å². The van der Waals surface area contributed by atoms with Gasteiger partial charge in [-0.25, -0.2) is 4.98 Å². The number of carbonyl (C=O) groups excluding carboxylic acids is 1. The number of benzene rings is 1. The summed E-state index contributed by atoms with van der Waals surface area (Å²) in [7, 11) is 0. The molecule has 1 unspecified atom stereocenters. The lowest BCUT2D eigenvalue weighted by molar-refractivity contribution is 0.0564. The molecule has 0 saturated carbocycles. The molecule has 0 aliphatic carbocycles. The van der Waals surface area contributed by atoms with Crippen molar-refractivity contribution >= 4 is 28.3 Å². The van der Waals surface area contributed by atoms with Gasteiger partial charge in [0.2, 0.25) is 0 Å². The fourth-order valence-electron chi connectivity index (χ4n) is 2.83. The van der Waals surface area contributed by atoms with Gasteiger partial charge in [-0.3, -0.25) is 4.79 Å². The zero-order valence-electron chi connectivity index (χ0n) is 13.8. The number of thiophene rings is 1. The average molecular weight is 343 g/mol. The number of rotatable bonds is 6. The Hall–Kier alpha value is -2.18. The topological polar surface area (TPSA) is 69.2 Å². The van der Waals surface area contributed by atoms with Crippen LogP contribution in [0.3, 0.4) is 0 Å². The van der Waals surface area contributed by atoms with Crippen LogP contribution in [0.15, 0.2) is 35.0 Å². The van der Waals surface area contributed by atoms with Crippen molar-refractivity contribution in [2.75, 3.05) is 6.61 Å². The largest absolute Gasteiger partial charge is 0.394 e. The molecular formula is C18H21N3O2S. The van der Waals surface area contributed by atoms with Gasteiger partial charge >= 0.3 is 0 Å². The van der Waals surface area contributed by atoms with Gasteiger partial charge in [0.15, 0.2) is 0 Å². The van der Waals surface area contributed by atoms with Crippen LogP contribution in [-0.2, 0) is 6.54 Å². The molecule has 1 atom stereocenters. The maximum absolute atomic E-state index is 13.1. The highest BCUT2D eigenvalue weighted by molar-refractivity contribution is 7.07.